The maximum atomic E-state index is 13.2. The lowest BCUT2D eigenvalue weighted by Crippen LogP contribution is -2.28. The molecule has 1 N–H and O–H groups in total. The topological polar surface area (TPSA) is 103 Å². The molecule has 0 bridgehead atoms. The first-order valence-electron chi connectivity index (χ1n) is 5.99. The first-order chi connectivity index (χ1) is 9.90. The maximum absolute atomic E-state index is 13.2. The summed E-state index contributed by atoms with van der Waals surface area (Å²) in [5, 5.41) is 20.8. The Morgan fingerprint density at radius 3 is 2.81 bits per heavy atom. The number of rotatable bonds is 4. The number of nitrogens with zero attached hydrogens (tertiary/aromatic N) is 4. The van der Waals surface area contributed by atoms with Crippen molar-refractivity contribution in [2.24, 2.45) is 7.05 Å². The number of carbonyl (C=O) groups excluding carboxylic acids is 1. The molecule has 0 radical (unpaired) electrons. The number of hydrogen-bond donors (Lipinski definition) is 1. The predicted molar refractivity (Wildman–Crippen MR) is 69.9 cm³/mol. The lowest BCUT2D eigenvalue weighted by Gasteiger charge is -2.12. The van der Waals surface area contributed by atoms with Crippen LogP contribution in [0, 0.1) is 15.9 Å². The summed E-state index contributed by atoms with van der Waals surface area (Å²) < 4.78 is 14.9. The molecule has 9 heteroatoms. The number of amides is 1. The fraction of sp³-hybridized carbons (Fsp3) is 0.250. The quantitative estimate of drug-likeness (QED) is 0.677. The summed E-state index contributed by atoms with van der Waals surface area (Å²) in [6, 6.07) is 2.52. The summed E-state index contributed by atoms with van der Waals surface area (Å²) in [7, 11) is 1.72. The molecule has 0 aliphatic rings. The molecule has 0 fully saturated rings. The van der Waals surface area contributed by atoms with E-state index in [0.717, 1.165) is 12.1 Å². The summed E-state index contributed by atoms with van der Waals surface area (Å²) in [6.45, 7) is 1.69. The summed E-state index contributed by atoms with van der Waals surface area (Å²) >= 11 is 0. The summed E-state index contributed by atoms with van der Waals surface area (Å²) in [5.74, 6) is -1.02. The van der Waals surface area contributed by atoms with Crippen molar-refractivity contribution in [3.63, 3.8) is 0 Å². The molecular formula is C12H12FN5O3. The molecule has 0 spiro atoms. The van der Waals surface area contributed by atoms with Crippen LogP contribution in [0.2, 0.25) is 0 Å². The Morgan fingerprint density at radius 2 is 2.24 bits per heavy atom. The maximum Gasteiger partial charge on any atom is 0.305 e. The zero-order chi connectivity index (χ0) is 15.6. The second-order valence-corrected chi connectivity index (χ2v) is 4.42. The Balaban J connectivity index is 2.19. The molecule has 2 rings (SSSR count). The Labute approximate surface area is 118 Å². The zero-order valence-electron chi connectivity index (χ0n) is 11.3. The Hall–Kier alpha value is -2.84. The van der Waals surface area contributed by atoms with Crippen LogP contribution in [0.4, 0.5) is 10.1 Å². The van der Waals surface area contributed by atoms with Gasteiger partial charge in [-0.2, -0.15) is 4.39 Å². The number of halogens is 1. The van der Waals surface area contributed by atoms with E-state index >= 15 is 0 Å². The fourth-order valence-corrected chi connectivity index (χ4v) is 1.82. The van der Waals surface area contributed by atoms with Gasteiger partial charge in [0.2, 0.25) is 5.82 Å². The van der Waals surface area contributed by atoms with E-state index in [2.05, 4.69) is 15.5 Å². The molecule has 1 heterocycles. The van der Waals surface area contributed by atoms with E-state index in [9.17, 15) is 19.3 Å². The van der Waals surface area contributed by atoms with Gasteiger partial charge >= 0.3 is 5.69 Å². The van der Waals surface area contributed by atoms with Crippen molar-refractivity contribution in [3.8, 4) is 0 Å². The van der Waals surface area contributed by atoms with Crippen molar-refractivity contribution in [1.82, 2.24) is 20.1 Å². The number of nitrogens with one attached hydrogen (secondary N) is 1. The third-order valence-corrected chi connectivity index (χ3v) is 2.89. The highest BCUT2D eigenvalue weighted by Crippen LogP contribution is 2.19. The largest absolute Gasteiger partial charge is 0.342 e. The van der Waals surface area contributed by atoms with Crippen LogP contribution in [0.3, 0.4) is 0 Å². The zero-order valence-corrected chi connectivity index (χ0v) is 11.3. The van der Waals surface area contributed by atoms with Crippen LogP contribution in [0.25, 0.3) is 0 Å². The van der Waals surface area contributed by atoms with Crippen LogP contribution in [0.5, 0.6) is 0 Å². The minimum absolute atomic E-state index is 0.00267. The number of nitro benzene ring substituents is 1. The van der Waals surface area contributed by atoms with E-state index in [4.69, 9.17) is 0 Å². The van der Waals surface area contributed by atoms with Crippen molar-refractivity contribution in [3.05, 3.63) is 51.8 Å². The van der Waals surface area contributed by atoms with Gasteiger partial charge in [0, 0.05) is 18.7 Å². The van der Waals surface area contributed by atoms with Crippen molar-refractivity contribution in [1.29, 1.82) is 0 Å². The lowest BCUT2D eigenvalue weighted by atomic mass is 10.1. The van der Waals surface area contributed by atoms with Crippen LogP contribution in [0.15, 0.2) is 24.5 Å². The molecular weight excluding hydrogens is 281 g/mol. The van der Waals surface area contributed by atoms with Gasteiger partial charge in [-0.15, -0.1) is 10.2 Å². The number of benzene rings is 1. The highest BCUT2D eigenvalue weighted by atomic mass is 19.1. The molecule has 0 aliphatic carbocycles. The Kier molecular flexibility index (Phi) is 3.92. The molecule has 0 saturated heterocycles. The first kappa shape index (κ1) is 14.6. The number of aromatic nitrogens is 3. The molecule has 1 aromatic carbocycles. The monoisotopic (exact) mass is 293 g/mol. The van der Waals surface area contributed by atoms with Crippen molar-refractivity contribution < 1.29 is 14.1 Å². The van der Waals surface area contributed by atoms with Crippen LogP contribution < -0.4 is 5.32 Å². The third-order valence-electron chi connectivity index (χ3n) is 2.89. The second-order valence-electron chi connectivity index (χ2n) is 4.42. The normalized spacial score (nSPS) is 12.0. The van der Waals surface area contributed by atoms with Crippen molar-refractivity contribution in [2.75, 3.05) is 0 Å². The van der Waals surface area contributed by atoms with Crippen molar-refractivity contribution in [2.45, 2.75) is 13.0 Å². The van der Waals surface area contributed by atoms with E-state index in [-0.39, 0.29) is 5.56 Å². The number of nitro groups is 1. The van der Waals surface area contributed by atoms with E-state index in [1.165, 1.54) is 12.4 Å². The predicted octanol–water partition coefficient (Wildman–Crippen LogP) is 1.35. The average molecular weight is 293 g/mol. The van der Waals surface area contributed by atoms with Gasteiger partial charge in [0.25, 0.3) is 5.91 Å². The van der Waals surface area contributed by atoms with Gasteiger partial charge in [0.1, 0.15) is 6.33 Å². The SMILES string of the molecule is CC(NC(=O)c1ccc(F)c([N+](=O)[O-])c1)c1nncn1C. The average Bonchev–Trinajstić information content (AvgIpc) is 2.85. The molecule has 0 saturated carbocycles. The lowest BCUT2D eigenvalue weighted by molar-refractivity contribution is -0.387. The summed E-state index contributed by atoms with van der Waals surface area (Å²) in [5.41, 5.74) is -0.744. The molecule has 21 heavy (non-hydrogen) atoms. The molecule has 1 aromatic heterocycles. The number of aryl methyl sites for hydroxylation is 1. The highest BCUT2D eigenvalue weighted by molar-refractivity contribution is 5.95. The van der Waals surface area contributed by atoms with Crippen LogP contribution >= 0.6 is 0 Å². The standard InChI is InChI=1S/C12H12FN5O3/c1-7(11-16-14-6-17(11)2)15-12(19)8-3-4-9(13)10(5-8)18(20)21/h3-7H,1-2H3,(H,15,19). The van der Waals surface area contributed by atoms with Crippen LogP contribution in [-0.4, -0.2) is 25.6 Å². The Morgan fingerprint density at radius 1 is 1.52 bits per heavy atom. The molecule has 110 valence electrons. The number of carbonyl (C=O) groups is 1. The summed E-state index contributed by atoms with van der Waals surface area (Å²) in [6.07, 6.45) is 1.49. The molecule has 2 aromatic rings. The minimum atomic E-state index is -0.988. The van der Waals surface area contributed by atoms with Crippen LogP contribution in [0.1, 0.15) is 29.1 Å². The van der Waals surface area contributed by atoms with Gasteiger partial charge in [-0.25, -0.2) is 0 Å². The van der Waals surface area contributed by atoms with Gasteiger partial charge in [-0.05, 0) is 19.1 Å². The van der Waals surface area contributed by atoms with Gasteiger partial charge in [0.15, 0.2) is 5.82 Å². The molecule has 8 nitrogen and oxygen atoms in total. The Bertz CT molecular complexity index is 700. The third kappa shape index (κ3) is 3.02. The van der Waals surface area contributed by atoms with Gasteiger partial charge in [0.05, 0.1) is 11.0 Å². The smallest absolute Gasteiger partial charge is 0.305 e. The van der Waals surface area contributed by atoms with Crippen molar-refractivity contribution >= 4 is 11.6 Å². The summed E-state index contributed by atoms with van der Waals surface area (Å²) in [4.78, 5) is 21.8. The van der Waals surface area contributed by atoms with Crippen LogP contribution in [-0.2, 0) is 7.05 Å². The molecule has 1 amide bonds. The van der Waals surface area contributed by atoms with E-state index in [0.29, 0.717) is 5.82 Å². The molecule has 1 atom stereocenters. The number of hydrogen-bond acceptors (Lipinski definition) is 5. The second kappa shape index (κ2) is 5.65. The fourth-order valence-electron chi connectivity index (χ4n) is 1.82. The van der Waals surface area contributed by atoms with E-state index in [1.54, 1.807) is 18.5 Å². The van der Waals surface area contributed by atoms with Gasteiger partial charge in [-0.3, -0.25) is 14.9 Å². The molecule has 0 aliphatic heterocycles. The van der Waals surface area contributed by atoms with E-state index in [1.807, 2.05) is 0 Å². The van der Waals surface area contributed by atoms with Gasteiger partial charge in [-0.1, -0.05) is 0 Å². The minimum Gasteiger partial charge on any atom is -0.342 e. The van der Waals surface area contributed by atoms with E-state index < -0.39 is 28.4 Å². The van der Waals surface area contributed by atoms with Gasteiger partial charge < -0.3 is 9.88 Å². The molecule has 1 unspecified atom stereocenters. The highest BCUT2D eigenvalue weighted by Gasteiger charge is 2.20. The first-order valence-corrected chi connectivity index (χ1v) is 5.99.